The second-order valence-corrected chi connectivity index (χ2v) is 11.9. The van der Waals surface area contributed by atoms with E-state index >= 15 is 0 Å². The first-order chi connectivity index (χ1) is 17.0. The SMILES string of the molecule is CC(NC(=O)C1CCCN1C(=O)C(NC(=O)NC(CNCCNS)C(C)(C)C)C(C)(C)C)C(=O)C(N)=O. The minimum atomic E-state index is -1.14. The fourth-order valence-electron chi connectivity index (χ4n) is 4.00. The minimum absolute atomic E-state index is 0.224. The number of carbonyl (C=O) groups excluding carboxylic acids is 5. The Morgan fingerprint density at radius 1 is 0.973 bits per heavy atom. The molecule has 4 unspecified atom stereocenters. The van der Waals surface area contributed by atoms with E-state index in [4.69, 9.17) is 5.73 Å². The molecule has 7 N–H and O–H groups in total. The molecule has 1 aliphatic rings. The molecule has 1 aliphatic heterocycles. The maximum Gasteiger partial charge on any atom is 0.315 e. The maximum atomic E-state index is 13.6. The number of carbonyl (C=O) groups is 5. The van der Waals surface area contributed by atoms with Crippen LogP contribution in [0.25, 0.3) is 0 Å². The number of thiol groups is 1. The van der Waals surface area contributed by atoms with Crippen molar-refractivity contribution in [2.75, 3.05) is 26.2 Å². The number of nitrogens with one attached hydrogen (secondary N) is 5. The highest BCUT2D eigenvalue weighted by atomic mass is 32.1. The number of hydrogen-bond donors (Lipinski definition) is 7. The number of rotatable bonds is 12. The monoisotopic (exact) mass is 543 g/mol. The van der Waals surface area contributed by atoms with Gasteiger partial charge in [-0.15, -0.1) is 0 Å². The predicted octanol–water partition coefficient (Wildman–Crippen LogP) is -0.311. The number of nitrogens with zero attached hydrogens (tertiary/aromatic N) is 1. The quantitative estimate of drug-likeness (QED) is 0.100. The average molecular weight is 544 g/mol. The van der Waals surface area contributed by atoms with Crippen molar-refractivity contribution in [2.24, 2.45) is 16.6 Å². The Morgan fingerprint density at radius 3 is 2.11 bits per heavy atom. The van der Waals surface area contributed by atoms with Crippen LogP contribution < -0.4 is 31.7 Å². The molecule has 0 saturated carbocycles. The summed E-state index contributed by atoms with van der Waals surface area (Å²) in [7, 11) is 0. The molecular formula is C24H45N7O5S. The van der Waals surface area contributed by atoms with Crippen molar-refractivity contribution in [1.29, 1.82) is 0 Å². The van der Waals surface area contributed by atoms with Crippen LogP contribution in [0.2, 0.25) is 0 Å². The molecule has 212 valence electrons. The van der Waals surface area contributed by atoms with Gasteiger partial charge in [0, 0.05) is 32.2 Å². The third-order valence-electron chi connectivity index (χ3n) is 6.33. The van der Waals surface area contributed by atoms with E-state index in [1.54, 1.807) is 0 Å². The average Bonchev–Trinajstić information content (AvgIpc) is 3.27. The fraction of sp³-hybridized carbons (Fsp3) is 0.792. The Morgan fingerprint density at radius 2 is 1.59 bits per heavy atom. The van der Waals surface area contributed by atoms with E-state index in [1.807, 2.05) is 41.5 Å². The summed E-state index contributed by atoms with van der Waals surface area (Å²) in [5.41, 5.74) is 4.11. The van der Waals surface area contributed by atoms with E-state index in [9.17, 15) is 24.0 Å². The van der Waals surface area contributed by atoms with Gasteiger partial charge in [-0.2, -0.15) is 0 Å². The van der Waals surface area contributed by atoms with Gasteiger partial charge in [0.25, 0.3) is 5.91 Å². The number of primary amides is 1. The predicted molar refractivity (Wildman–Crippen MR) is 145 cm³/mol. The standard InChI is InChI=1S/C24H45N7O5S/c1-14(17(32)19(25)33)28-20(34)15-9-8-12-31(15)21(35)18(24(5,6)7)30-22(36)29-16(23(2,3)4)13-26-10-11-27-37/h14-16,18,26-27,37H,8-13H2,1-7H3,(H2,25,33)(H,28,34)(H2,29,30,36). The fourth-order valence-corrected chi connectivity index (χ4v) is 4.11. The Hall–Kier alpha value is -2.38. The molecule has 0 aromatic carbocycles. The van der Waals surface area contributed by atoms with Gasteiger partial charge in [0.15, 0.2) is 0 Å². The number of Topliss-reactive ketones (excluding diaryl/α,β-unsaturated/α-hetero) is 1. The second-order valence-electron chi connectivity index (χ2n) is 11.6. The van der Waals surface area contributed by atoms with Gasteiger partial charge in [-0.05, 0) is 30.6 Å². The minimum Gasteiger partial charge on any atom is -0.363 e. The lowest BCUT2D eigenvalue weighted by atomic mass is 9.85. The summed E-state index contributed by atoms with van der Waals surface area (Å²) >= 11 is 3.97. The van der Waals surface area contributed by atoms with E-state index in [0.29, 0.717) is 39.0 Å². The Labute approximate surface area is 225 Å². The summed E-state index contributed by atoms with van der Waals surface area (Å²) in [5.74, 6) is -2.99. The van der Waals surface area contributed by atoms with Gasteiger partial charge in [0.2, 0.25) is 17.6 Å². The lowest BCUT2D eigenvalue weighted by Gasteiger charge is -2.37. The number of amides is 5. The first-order valence-corrected chi connectivity index (χ1v) is 13.0. The number of ketones is 1. The van der Waals surface area contributed by atoms with E-state index in [-0.39, 0.29) is 17.4 Å². The molecule has 0 aromatic heterocycles. The van der Waals surface area contributed by atoms with E-state index in [0.717, 1.165) is 0 Å². The van der Waals surface area contributed by atoms with Crippen LogP contribution in [-0.2, 0) is 19.2 Å². The zero-order valence-electron chi connectivity index (χ0n) is 23.1. The van der Waals surface area contributed by atoms with Crippen LogP contribution in [0.5, 0.6) is 0 Å². The number of likely N-dealkylation sites (tertiary alicyclic amines) is 1. The number of hydrogen-bond acceptors (Lipinski definition) is 8. The van der Waals surface area contributed by atoms with Gasteiger partial charge >= 0.3 is 6.03 Å². The molecule has 1 fully saturated rings. The van der Waals surface area contributed by atoms with Gasteiger partial charge in [-0.25, -0.2) is 4.79 Å². The second kappa shape index (κ2) is 14.0. The topological polar surface area (TPSA) is 175 Å². The molecule has 5 amide bonds. The Kier molecular flexibility index (Phi) is 12.3. The lowest BCUT2D eigenvalue weighted by molar-refractivity contribution is -0.143. The smallest absolute Gasteiger partial charge is 0.315 e. The van der Waals surface area contributed by atoms with Gasteiger partial charge in [-0.1, -0.05) is 54.4 Å². The van der Waals surface area contributed by atoms with Crippen LogP contribution in [0.15, 0.2) is 0 Å². The van der Waals surface area contributed by atoms with E-state index < -0.39 is 47.2 Å². The van der Waals surface area contributed by atoms with Crippen LogP contribution in [-0.4, -0.2) is 84.8 Å². The molecule has 0 spiro atoms. The van der Waals surface area contributed by atoms with Crippen LogP contribution >= 0.6 is 12.8 Å². The molecule has 0 radical (unpaired) electrons. The number of nitrogens with two attached hydrogens (primary N) is 1. The van der Waals surface area contributed by atoms with Crippen molar-refractivity contribution < 1.29 is 24.0 Å². The zero-order chi connectivity index (χ0) is 28.6. The van der Waals surface area contributed by atoms with Crippen molar-refractivity contribution in [1.82, 2.24) is 30.9 Å². The van der Waals surface area contributed by atoms with Crippen molar-refractivity contribution >= 4 is 42.4 Å². The summed E-state index contributed by atoms with van der Waals surface area (Å²) in [4.78, 5) is 63.9. The molecule has 1 rings (SSSR count). The molecule has 0 aromatic rings. The zero-order valence-corrected chi connectivity index (χ0v) is 24.0. The summed E-state index contributed by atoms with van der Waals surface area (Å²) in [6.45, 7) is 15.1. The first-order valence-electron chi connectivity index (χ1n) is 12.6. The van der Waals surface area contributed by atoms with Crippen molar-refractivity contribution in [3.05, 3.63) is 0 Å². The van der Waals surface area contributed by atoms with Crippen molar-refractivity contribution in [3.8, 4) is 0 Å². The van der Waals surface area contributed by atoms with Crippen LogP contribution in [0, 0.1) is 10.8 Å². The molecule has 0 bridgehead atoms. The van der Waals surface area contributed by atoms with E-state index in [2.05, 4.69) is 38.8 Å². The third kappa shape index (κ3) is 10.1. The molecule has 13 heteroatoms. The Bertz CT molecular complexity index is 840. The van der Waals surface area contributed by atoms with E-state index in [1.165, 1.54) is 11.8 Å². The molecule has 12 nitrogen and oxygen atoms in total. The molecule has 4 atom stereocenters. The normalized spacial score (nSPS) is 18.5. The molecule has 1 saturated heterocycles. The van der Waals surface area contributed by atoms with Gasteiger partial charge in [0.1, 0.15) is 12.1 Å². The lowest BCUT2D eigenvalue weighted by Crippen LogP contribution is -2.61. The summed E-state index contributed by atoms with van der Waals surface area (Å²) in [6.07, 6.45) is 0.987. The third-order valence-corrected chi connectivity index (χ3v) is 6.56. The van der Waals surface area contributed by atoms with Gasteiger partial charge < -0.3 is 31.9 Å². The van der Waals surface area contributed by atoms with Crippen molar-refractivity contribution in [2.45, 2.75) is 85.5 Å². The van der Waals surface area contributed by atoms with Gasteiger partial charge in [-0.3, -0.25) is 23.9 Å². The van der Waals surface area contributed by atoms with Crippen LogP contribution in [0.1, 0.15) is 61.3 Å². The van der Waals surface area contributed by atoms with Crippen LogP contribution in [0.4, 0.5) is 4.79 Å². The highest BCUT2D eigenvalue weighted by molar-refractivity contribution is 7.78. The van der Waals surface area contributed by atoms with Gasteiger partial charge in [0.05, 0.1) is 6.04 Å². The molecule has 1 heterocycles. The van der Waals surface area contributed by atoms with Crippen LogP contribution in [0.3, 0.4) is 0 Å². The number of urea groups is 1. The molecular weight excluding hydrogens is 498 g/mol. The van der Waals surface area contributed by atoms with Crippen molar-refractivity contribution in [3.63, 3.8) is 0 Å². The summed E-state index contributed by atoms with van der Waals surface area (Å²) < 4.78 is 2.76. The maximum absolute atomic E-state index is 13.6. The largest absolute Gasteiger partial charge is 0.363 e. The first kappa shape index (κ1) is 32.6. The Balaban J connectivity index is 2.97. The highest BCUT2D eigenvalue weighted by Crippen LogP contribution is 2.26. The summed E-state index contributed by atoms with van der Waals surface area (Å²) in [6, 6.07) is -3.54. The molecule has 0 aliphatic carbocycles. The summed E-state index contributed by atoms with van der Waals surface area (Å²) in [5, 5.41) is 11.6. The highest BCUT2D eigenvalue weighted by Gasteiger charge is 2.42. The molecule has 37 heavy (non-hydrogen) atoms.